The number of hydrogen-bond donors (Lipinski definition) is 0. The summed E-state index contributed by atoms with van der Waals surface area (Å²) in [5, 5.41) is 7.33. The third kappa shape index (κ3) is 2.32. The van der Waals surface area contributed by atoms with Gasteiger partial charge in [-0.3, -0.25) is 0 Å². The lowest BCUT2D eigenvalue weighted by atomic mass is 10.2. The molecule has 0 amide bonds. The summed E-state index contributed by atoms with van der Waals surface area (Å²) >= 11 is 7.28. The van der Waals surface area contributed by atoms with Crippen LogP contribution in [0.5, 0.6) is 0 Å². The molecule has 0 aliphatic rings. The average Bonchev–Trinajstić information content (AvgIpc) is 2.89. The number of rotatable bonds is 4. The van der Waals surface area contributed by atoms with E-state index in [1.54, 1.807) is 6.20 Å². The van der Waals surface area contributed by atoms with E-state index in [0.29, 0.717) is 11.7 Å². The maximum Gasteiger partial charge on any atom is 0.271 e. The van der Waals surface area contributed by atoms with Gasteiger partial charge in [0.05, 0.1) is 11.6 Å². The Kier molecular flexibility index (Phi) is 3.27. The topological polar surface area (TPSA) is 64.7 Å². The number of alkyl halides is 1. The third-order valence-corrected chi connectivity index (χ3v) is 2.90. The smallest absolute Gasteiger partial charge is 0.271 e. The van der Waals surface area contributed by atoms with Crippen molar-refractivity contribution in [1.29, 1.82) is 0 Å². The molecule has 0 saturated carbocycles. The fourth-order valence-corrected chi connectivity index (χ4v) is 1.85. The highest BCUT2D eigenvalue weighted by atomic mass is 35.5. The van der Waals surface area contributed by atoms with Crippen molar-refractivity contribution in [3.8, 4) is 10.8 Å². The van der Waals surface area contributed by atoms with E-state index in [1.807, 2.05) is 0 Å². The average molecular weight is 245 g/mol. The molecule has 15 heavy (non-hydrogen) atoms. The molecule has 80 valence electrons. The highest BCUT2D eigenvalue weighted by Gasteiger charge is 2.16. The molecule has 2 aromatic rings. The van der Waals surface area contributed by atoms with Crippen LogP contribution >= 0.6 is 23.1 Å². The van der Waals surface area contributed by atoms with Crippen LogP contribution in [0.25, 0.3) is 10.8 Å². The van der Waals surface area contributed by atoms with Crippen LogP contribution in [0.2, 0.25) is 0 Å². The van der Waals surface area contributed by atoms with Crippen LogP contribution in [0.4, 0.5) is 0 Å². The van der Waals surface area contributed by atoms with Gasteiger partial charge in [-0.05, 0) is 18.0 Å². The minimum absolute atomic E-state index is 0.187. The maximum absolute atomic E-state index is 6.07. The van der Waals surface area contributed by atoms with E-state index in [4.69, 9.17) is 16.1 Å². The second-order valence-corrected chi connectivity index (χ2v) is 4.31. The molecule has 0 aliphatic heterocycles. The summed E-state index contributed by atoms with van der Waals surface area (Å²) in [6, 6.07) is 0. The Bertz CT molecular complexity index is 416. The van der Waals surface area contributed by atoms with Gasteiger partial charge in [-0.25, -0.2) is 0 Å². The Morgan fingerprint density at radius 2 is 2.47 bits per heavy atom. The summed E-state index contributed by atoms with van der Waals surface area (Å²) in [5.41, 5.74) is 0. The van der Waals surface area contributed by atoms with Gasteiger partial charge >= 0.3 is 0 Å². The van der Waals surface area contributed by atoms with Crippen LogP contribution in [0.15, 0.2) is 10.7 Å². The van der Waals surface area contributed by atoms with Crippen LogP contribution in [-0.2, 0) is 0 Å². The predicted octanol–water partition coefficient (Wildman–Crippen LogP) is 2.67. The normalized spacial score (nSPS) is 12.9. The summed E-state index contributed by atoms with van der Waals surface area (Å²) < 4.78 is 8.78. The van der Waals surface area contributed by atoms with Crippen molar-refractivity contribution in [2.24, 2.45) is 0 Å². The van der Waals surface area contributed by atoms with Gasteiger partial charge in [0.1, 0.15) is 4.88 Å². The highest BCUT2D eigenvalue weighted by Crippen LogP contribution is 2.26. The minimum Gasteiger partial charge on any atom is -0.333 e. The molecule has 5 nitrogen and oxygen atoms in total. The molecular formula is C8H9ClN4OS. The van der Waals surface area contributed by atoms with Crippen molar-refractivity contribution >= 4 is 23.1 Å². The third-order valence-electron chi connectivity index (χ3n) is 1.84. The zero-order valence-electron chi connectivity index (χ0n) is 8.05. The lowest BCUT2D eigenvalue weighted by Gasteiger charge is -1.99. The molecule has 0 saturated heterocycles. The molecule has 2 aromatic heterocycles. The molecule has 0 bridgehead atoms. The largest absolute Gasteiger partial charge is 0.333 e. The van der Waals surface area contributed by atoms with E-state index < -0.39 is 0 Å². The minimum atomic E-state index is -0.187. The van der Waals surface area contributed by atoms with Gasteiger partial charge in [0.2, 0.25) is 0 Å². The first-order valence-corrected chi connectivity index (χ1v) is 5.77. The summed E-state index contributed by atoms with van der Waals surface area (Å²) in [7, 11) is 0. The van der Waals surface area contributed by atoms with Gasteiger partial charge in [-0.1, -0.05) is 23.0 Å². The zero-order valence-corrected chi connectivity index (χ0v) is 9.62. The van der Waals surface area contributed by atoms with Gasteiger partial charge in [0.25, 0.3) is 5.89 Å². The van der Waals surface area contributed by atoms with E-state index in [-0.39, 0.29) is 5.38 Å². The van der Waals surface area contributed by atoms with Crippen LogP contribution in [-0.4, -0.2) is 19.7 Å². The van der Waals surface area contributed by atoms with Crippen molar-refractivity contribution in [2.45, 2.75) is 25.1 Å². The van der Waals surface area contributed by atoms with E-state index in [9.17, 15) is 0 Å². The lowest BCUT2D eigenvalue weighted by Crippen LogP contribution is -1.92. The summed E-state index contributed by atoms with van der Waals surface area (Å²) in [4.78, 5) is 4.95. The van der Waals surface area contributed by atoms with Gasteiger partial charge in [-0.2, -0.15) is 4.98 Å². The quantitative estimate of drug-likeness (QED) is 0.774. The zero-order chi connectivity index (χ0) is 10.7. The molecule has 0 aromatic carbocycles. The van der Waals surface area contributed by atoms with Crippen molar-refractivity contribution < 1.29 is 4.52 Å². The molecule has 0 radical (unpaired) electrons. The molecule has 0 N–H and O–H groups in total. The van der Waals surface area contributed by atoms with Crippen molar-refractivity contribution in [3.63, 3.8) is 0 Å². The van der Waals surface area contributed by atoms with Crippen molar-refractivity contribution in [3.05, 3.63) is 12.0 Å². The van der Waals surface area contributed by atoms with E-state index in [1.165, 1.54) is 11.5 Å². The summed E-state index contributed by atoms with van der Waals surface area (Å²) in [6.45, 7) is 2.06. The first-order chi connectivity index (χ1) is 7.31. The van der Waals surface area contributed by atoms with Gasteiger partial charge < -0.3 is 4.52 Å². The van der Waals surface area contributed by atoms with Crippen LogP contribution in [0.3, 0.4) is 0 Å². The highest BCUT2D eigenvalue weighted by molar-refractivity contribution is 7.09. The first-order valence-electron chi connectivity index (χ1n) is 4.56. The van der Waals surface area contributed by atoms with Crippen LogP contribution in [0.1, 0.15) is 31.0 Å². The predicted molar refractivity (Wildman–Crippen MR) is 56.7 cm³/mol. The maximum atomic E-state index is 6.07. The molecule has 2 rings (SSSR count). The SMILES string of the molecule is CCCC(Cl)c1noc(-c2cnns2)n1. The molecule has 2 heterocycles. The fourth-order valence-electron chi connectivity index (χ4n) is 1.11. The van der Waals surface area contributed by atoms with Crippen molar-refractivity contribution in [1.82, 2.24) is 19.7 Å². The second kappa shape index (κ2) is 4.67. The van der Waals surface area contributed by atoms with E-state index >= 15 is 0 Å². The Balaban J connectivity index is 2.17. The number of aromatic nitrogens is 4. The monoisotopic (exact) mass is 244 g/mol. The van der Waals surface area contributed by atoms with Gasteiger partial charge in [-0.15, -0.1) is 16.7 Å². The Labute approximate surface area is 95.6 Å². The summed E-state index contributed by atoms with van der Waals surface area (Å²) in [5.74, 6) is 0.962. The second-order valence-electron chi connectivity index (χ2n) is 3.00. The van der Waals surface area contributed by atoms with Gasteiger partial charge in [0, 0.05) is 0 Å². The number of nitrogens with zero attached hydrogens (tertiary/aromatic N) is 4. The molecule has 0 spiro atoms. The molecule has 1 atom stereocenters. The molecule has 1 unspecified atom stereocenters. The Morgan fingerprint density at radius 3 is 3.13 bits per heavy atom. The van der Waals surface area contributed by atoms with Crippen LogP contribution in [0, 0.1) is 0 Å². The van der Waals surface area contributed by atoms with E-state index in [0.717, 1.165) is 17.7 Å². The molecular weight excluding hydrogens is 236 g/mol. The number of hydrogen-bond acceptors (Lipinski definition) is 6. The number of halogens is 1. The Hall–Kier alpha value is -1.01. The summed E-state index contributed by atoms with van der Waals surface area (Å²) in [6.07, 6.45) is 3.41. The molecule has 7 heteroatoms. The standard InChI is InChI=1S/C8H9ClN4OS/c1-2-3-5(9)7-11-8(14-12-7)6-4-10-13-15-6/h4-5H,2-3H2,1H3. The lowest BCUT2D eigenvalue weighted by molar-refractivity contribution is 0.421. The first kappa shape index (κ1) is 10.5. The van der Waals surface area contributed by atoms with Crippen molar-refractivity contribution in [2.75, 3.05) is 0 Å². The van der Waals surface area contributed by atoms with E-state index in [2.05, 4.69) is 26.7 Å². The molecule has 0 fully saturated rings. The molecule has 0 aliphatic carbocycles. The Morgan fingerprint density at radius 1 is 1.60 bits per heavy atom. The van der Waals surface area contributed by atoms with Crippen LogP contribution < -0.4 is 0 Å². The fraction of sp³-hybridized carbons (Fsp3) is 0.500. The van der Waals surface area contributed by atoms with Gasteiger partial charge in [0.15, 0.2) is 5.82 Å².